The van der Waals surface area contributed by atoms with Gasteiger partial charge in [-0.1, -0.05) is 12.2 Å². The Balaban J connectivity index is 1.96. The minimum absolute atomic E-state index is 0.182. The van der Waals surface area contributed by atoms with E-state index in [1.165, 1.54) is 12.1 Å². The number of nitrogens with one attached hydrogen (secondary N) is 1. The average molecular weight is 266 g/mol. The lowest BCUT2D eigenvalue weighted by Crippen LogP contribution is -2.33. The molecule has 1 aromatic rings. The third kappa shape index (κ3) is 2.79. The second kappa shape index (κ2) is 4.92. The molecule has 1 aromatic heterocycles. The first-order chi connectivity index (χ1) is 8.97. The fourth-order valence-corrected chi connectivity index (χ4v) is 1.78. The van der Waals surface area contributed by atoms with Crippen molar-refractivity contribution in [2.75, 3.05) is 0 Å². The van der Waals surface area contributed by atoms with Crippen molar-refractivity contribution in [2.24, 2.45) is 5.92 Å². The lowest BCUT2D eigenvalue weighted by atomic mass is 10.1. The van der Waals surface area contributed by atoms with Crippen LogP contribution in [-0.2, 0) is 4.79 Å². The normalized spacial score (nSPS) is 21.3. The van der Waals surface area contributed by atoms with E-state index in [1.54, 1.807) is 6.08 Å². The lowest BCUT2D eigenvalue weighted by Gasteiger charge is -2.10. The molecule has 0 radical (unpaired) electrons. The number of carbonyl (C=O) groups is 2. The van der Waals surface area contributed by atoms with E-state index in [9.17, 15) is 19.7 Å². The fraction of sp³-hybridized carbons (Fsp3) is 0.273. The van der Waals surface area contributed by atoms with Crippen molar-refractivity contribution < 1.29 is 24.0 Å². The van der Waals surface area contributed by atoms with Gasteiger partial charge in [-0.15, -0.1) is 0 Å². The van der Waals surface area contributed by atoms with Crippen LogP contribution in [0.1, 0.15) is 17.0 Å². The minimum Gasteiger partial charge on any atom is -0.481 e. The highest BCUT2D eigenvalue weighted by Crippen LogP contribution is 2.20. The van der Waals surface area contributed by atoms with E-state index in [-0.39, 0.29) is 12.2 Å². The van der Waals surface area contributed by atoms with Gasteiger partial charge in [0.1, 0.15) is 4.92 Å². The minimum atomic E-state index is -0.957. The van der Waals surface area contributed by atoms with Gasteiger partial charge in [-0.25, -0.2) is 0 Å². The van der Waals surface area contributed by atoms with Gasteiger partial charge in [0.25, 0.3) is 5.91 Å². The van der Waals surface area contributed by atoms with Gasteiger partial charge >= 0.3 is 11.9 Å². The molecule has 8 heteroatoms. The Morgan fingerprint density at radius 3 is 2.68 bits per heavy atom. The molecule has 2 N–H and O–H groups in total. The standard InChI is InChI=1S/C11H10N2O6/c14-10(8-3-4-9(19-8)13(17)18)12-7-2-1-6(5-7)11(15)16/h1-4,6-7H,5H2,(H,12,14)(H,15,16). The Bertz CT molecular complexity index is 561. The summed E-state index contributed by atoms with van der Waals surface area (Å²) in [6.07, 6.45) is 3.33. The van der Waals surface area contributed by atoms with Crippen molar-refractivity contribution in [1.29, 1.82) is 0 Å². The van der Waals surface area contributed by atoms with Crippen molar-refractivity contribution in [3.05, 3.63) is 40.2 Å². The summed E-state index contributed by atoms with van der Waals surface area (Å²) in [5, 5.41) is 21.7. The van der Waals surface area contributed by atoms with Crippen LogP contribution in [0.5, 0.6) is 0 Å². The van der Waals surface area contributed by atoms with Gasteiger partial charge in [0.05, 0.1) is 12.0 Å². The van der Waals surface area contributed by atoms with Crippen LogP contribution in [0, 0.1) is 16.0 Å². The topological polar surface area (TPSA) is 123 Å². The SMILES string of the molecule is O=C(NC1C=CC(C(=O)O)C1)c1ccc([N+](=O)[O-])o1. The zero-order valence-electron chi connectivity index (χ0n) is 9.61. The molecule has 2 atom stereocenters. The van der Waals surface area contributed by atoms with Crippen LogP contribution >= 0.6 is 0 Å². The van der Waals surface area contributed by atoms with Crippen LogP contribution in [0.15, 0.2) is 28.7 Å². The molecule has 0 spiro atoms. The molecule has 1 aliphatic rings. The second-order valence-corrected chi connectivity index (χ2v) is 4.04. The van der Waals surface area contributed by atoms with Crippen molar-refractivity contribution in [3.63, 3.8) is 0 Å². The Kier molecular flexibility index (Phi) is 3.32. The molecule has 1 aliphatic carbocycles. The summed E-state index contributed by atoms with van der Waals surface area (Å²) in [4.78, 5) is 32.1. The molecule has 100 valence electrons. The maximum atomic E-state index is 11.7. The smallest absolute Gasteiger partial charge is 0.433 e. The molecule has 2 unspecified atom stereocenters. The summed E-state index contributed by atoms with van der Waals surface area (Å²) in [5.41, 5.74) is 0. The first-order valence-corrected chi connectivity index (χ1v) is 5.43. The summed E-state index contributed by atoms with van der Waals surface area (Å²) in [6, 6.07) is 1.86. The third-order valence-electron chi connectivity index (χ3n) is 2.71. The summed E-state index contributed by atoms with van der Waals surface area (Å²) in [6.45, 7) is 0. The molecule has 0 saturated carbocycles. The van der Waals surface area contributed by atoms with E-state index >= 15 is 0 Å². The van der Waals surface area contributed by atoms with Crippen molar-refractivity contribution in [3.8, 4) is 0 Å². The lowest BCUT2D eigenvalue weighted by molar-refractivity contribution is -0.402. The third-order valence-corrected chi connectivity index (χ3v) is 2.71. The highest BCUT2D eigenvalue weighted by Gasteiger charge is 2.26. The largest absolute Gasteiger partial charge is 0.481 e. The van der Waals surface area contributed by atoms with Crippen molar-refractivity contribution in [2.45, 2.75) is 12.5 Å². The molecule has 0 aliphatic heterocycles. The van der Waals surface area contributed by atoms with Gasteiger partial charge in [-0.2, -0.15) is 0 Å². The van der Waals surface area contributed by atoms with E-state index in [4.69, 9.17) is 9.52 Å². The number of hydrogen-bond acceptors (Lipinski definition) is 5. The number of carbonyl (C=O) groups excluding carboxylic acids is 1. The molecule has 0 aromatic carbocycles. The molecule has 8 nitrogen and oxygen atoms in total. The maximum absolute atomic E-state index is 11.7. The first-order valence-electron chi connectivity index (χ1n) is 5.43. The number of rotatable bonds is 4. The molecule has 1 heterocycles. The molecule has 1 amide bonds. The quantitative estimate of drug-likeness (QED) is 0.475. The predicted octanol–water partition coefficient (Wildman–Crippen LogP) is 0.947. The van der Waals surface area contributed by atoms with Crippen LogP contribution in [0.25, 0.3) is 0 Å². The Morgan fingerprint density at radius 1 is 1.42 bits per heavy atom. The molecular weight excluding hydrogens is 256 g/mol. The average Bonchev–Trinajstić information content (AvgIpc) is 2.96. The van der Waals surface area contributed by atoms with E-state index in [0.717, 1.165) is 6.07 Å². The maximum Gasteiger partial charge on any atom is 0.433 e. The van der Waals surface area contributed by atoms with Crippen LogP contribution in [0.2, 0.25) is 0 Å². The van der Waals surface area contributed by atoms with Crippen LogP contribution in [0.4, 0.5) is 5.88 Å². The molecule has 0 fully saturated rings. The van der Waals surface area contributed by atoms with E-state index < -0.39 is 34.6 Å². The van der Waals surface area contributed by atoms with E-state index in [2.05, 4.69) is 5.32 Å². The van der Waals surface area contributed by atoms with Gasteiger partial charge in [-0.3, -0.25) is 19.7 Å². The summed E-state index contributed by atoms with van der Waals surface area (Å²) < 4.78 is 4.74. The number of furan rings is 1. The van der Waals surface area contributed by atoms with Crippen LogP contribution in [0.3, 0.4) is 0 Å². The molecule has 0 saturated heterocycles. The monoisotopic (exact) mass is 266 g/mol. The van der Waals surface area contributed by atoms with Gasteiger partial charge in [0.15, 0.2) is 5.76 Å². The summed E-state index contributed by atoms with van der Waals surface area (Å²) >= 11 is 0. The number of carboxylic acids is 1. The molecule has 19 heavy (non-hydrogen) atoms. The summed E-state index contributed by atoms with van der Waals surface area (Å²) in [7, 11) is 0. The number of amides is 1. The Hall–Kier alpha value is -2.64. The van der Waals surface area contributed by atoms with E-state index in [0.29, 0.717) is 0 Å². The number of nitrogens with zero attached hydrogens (tertiary/aromatic N) is 1. The zero-order valence-corrected chi connectivity index (χ0v) is 9.61. The number of nitro groups is 1. The van der Waals surface area contributed by atoms with E-state index in [1.807, 2.05) is 0 Å². The first kappa shape index (κ1) is 12.8. The number of hydrogen-bond donors (Lipinski definition) is 2. The summed E-state index contributed by atoms with van der Waals surface area (Å²) in [5.74, 6) is -2.90. The van der Waals surface area contributed by atoms with Gasteiger partial charge in [0.2, 0.25) is 0 Å². The van der Waals surface area contributed by atoms with Gasteiger partial charge in [0, 0.05) is 6.04 Å². The zero-order chi connectivity index (χ0) is 14.0. The second-order valence-electron chi connectivity index (χ2n) is 4.04. The number of carboxylic acid groups (broad SMARTS) is 1. The van der Waals surface area contributed by atoms with Gasteiger partial charge in [-0.05, 0) is 12.5 Å². The highest BCUT2D eigenvalue weighted by molar-refractivity contribution is 5.92. The van der Waals surface area contributed by atoms with Crippen molar-refractivity contribution >= 4 is 17.8 Å². The molecule has 2 rings (SSSR count). The van der Waals surface area contributed by atoms with Crippen molar-refractivity contribution in [1.82, 2.24) is 5.32 Å². The fourth-order valence-electron chi connectivity index (χ4n) is 1.78. The Labute approximate surface area is 106 Å². The Morgan fingerprint density at radius 2 is 2.16 bits per heavy atom. The number of aliphatic carboxylic acids is 1. The predicted molar refractivity (Wildman–Crippen MR) is 61.5 cm³/mol. The highest BCUT2D eigenvalue weighted by atomic mass is 16.6. The van der Waals surface area contributed by atoms with Crippen LogP contribution < -0.4 is 5.32 Å². The van der Waals surface area contributed by atoms with Gasteiger partial charge < -0.3 is 14.8 Å². The molecule has 0 bridgehead atoms. The molecular formula is C11H10N2O6. The van der Waals surface area contributed by atoms with Crippen LogP contribution in [-0.4, -0.2) is 27.9 Å².